The molecule has 2 N–H and O–H groups in total. The van der Waals surface area contributed by atoms with E-state index in [0.29, 0.717) is 31.2 Å². The first-order chi connectivity index (χ1) is 11.2. The zero-order valence-corrected chi connectivity index (χ0v) is 13.4. The number of hydrogen-bond donors (Lipinski definition) is 2. The molecule has 0 fully saturated rings. The van der Waals surface area contributed by atoms with E-state index in [4.69, 9.17) is 9.47 Å². The number of carbonyl (C=O) groups excluding carboxylic acids is 1. The van der Waals surface area contributed by atoms with Gasteiger partial charge in [-0.25, -0.2) is 4.79 Å². The zero-order valence-electron chi connectivity index (χ0n) is 13.4. The van der Waals surface area contributed by atoms with Crippen molar-refractivity contribution in [1.29, 1.82) is 0 Å². The summed E-state index contributed by atoms with van der Waals surface area (Å²) in [5.74, 6) is 0.694. The lowest BCUT2D eigenvalue weighted by Gasteiger charge is -2.14. The van der Waals surface area contributed by atoms with Gasteiger partial charge in [0.05, 0.1) is 19.2 Å². The number of anilines is 1. The van der Waals surface area contributed by atoms with Crippen LogP contribution < -0.4 is 15.4 Å². The van der Waals surface area contributed by atoms with E-state index in [1.807, 2.05) is 31.3 Å². The molecular formula is C16H22N4O3. The normalized spacial score (nSPS) is 11.7. The van der Waals surface area contributed by atoms with E-state index in [-0.39, 0.29) is 12.1 Å². The van der Waals surface area contributed by atoms with Gasteiger partial charge < -0.3 is 20.1 Å². The first-order valence-electron chi connectivity index (χ1n) is 7.44. The van der Waals surface area contributed by atoms with Crippen molar-refractivity contribution in [2.24, 2.45) is 0 Å². The predicted molar refractivity (Wildman–Crippen MR) is 87.7 cm³/mol. The Morgan fingerprint density at radius 2 is 2.26 bits per heavy atom. The fourth-order valence-electron chi connectivity index (χ4n) is 2.04. The maximum Gasteiger partial charge on any atom is 0.319 e. The summed E-state index contributed by atoms with van der Waals surface area (Å²) in [6.07, 6.45) is 3.61. The van der Waals surface area contributed by atoms with Gasteiger partial charge in [0.25, 0.3) is 0 Å². The Labute approximate surface area is 135 Å². The van der Waals surface area contributed by atoms with Crippen molar-refractivity contribution in [2.75, 3.05) is 25.6 Å². The van der Waals surface area contributed by atoms with Crippen LogP contribution >= 0.6 is 0 Å². The second-order valence-corrected chi connectivity index (χ2v) is 5.10. The van der Waals surface area contributed by atoms with E-state index in [1.54, 1.807) is 30.1 Å². The van der Waals surface area contributed by atoms with Crippen molar-refractivity contribution in [2.45, 2.75) is 19.5 Å². The highest BCUT2D eigenvalue weighted by Crippen LogP contribution is 2.17. The lowest BCUT2D eigenvalue weighted by atomic mass is 10.3. The number of nitrogens with zero attached hydrogens (tertiary/aromatic N) is 2. The number of methoxy groups -OCH3 is 1. The van der Waals surface area contributed by atoms with Crippen LogP contribution in [0.5, 0.6) is 5.75 Å². The van der Waals surface area contributed by atoms with Crippen LogP contribution in [0.15, 0.2) is 42.7 Å². The molecule has 0 spiro atoms. The van der Waals surface area contributed by atoms with E-state index in [1.165, 1.54) is 0 Å². The fourth-order valence-corrected chi connectivity index (χ4v) is 2.04. The van der Waals surface area contributed by atoms with Gasteiger partial charge in [-0.05, 0) is 25.1 Å². The molecule has 0 saturated carbocycles. The number of ether oxygens (including phenoxy) is 2. The average Bonchev–Trinajstić information content (AvgIpc) is 3.01. The van der Waals surface area contributed by atoms with Crippen molar-refractivity contribution >= 4 is 11.7 Å². The van der Waals surface area contributed by atoms with Crippen LogP contribution in [-0.2, 0) is 11.3 Å². The van der Waals surface area contributed by atoms with Crippen LogP contribution in [0.1, 0.15) is 6.92 Å². The summed E-state index contributed by atoms with van der Waals surface area (Å²) in [4.78, 5) is 11.8. The third kappa shape index (κ3) is 5.99. The van der Waals surface area contributed by atoms with E-state index in [0.717, 1.165) is 0 Å². The third-order valence-electron chi connectivity index (χ3n) is 3.03. The minimum Gasteiger partial charge on any atom is -0.492 e. The van der Waals surface area contributed by atoms with Crippen LogP contribution in [0.2, 0.25) is 0 Å². The van der Waals surface area contributed by atoms with E-state index in [9.17, 15) is 4.79 Å². The van der Waals surface area contributed by atoms with Gasteiger partial charge in [0, 0.05) is 31.3 Å². The molecule has 23 heavy (non-hydrogen) atoms. The monoisotopic (exact) mass is 318 g/mol. The van der Waals surface area contributed by atoms with Crippen LogP contribution in [0.4, 0.5) is 10.5 Å². The molecule has 1 atom stereocenters. The van der Waals surface area contributed by atoms with Gasteiger partial charge >= 0.3 is 6.03 Å². The van der Waals surface area contributed by atoms with Crippen LogP contribution in [-0.4, -0.2) is 42.2 Å². The van der Waals surface area contributed by atoms with E-state index in [2.05, 4.69) is 15.7 Å². The van der Waals surface area contributed by atoms with Crippen LogP contribution in [0.3, 0.4) is 0 Å². The topological polar surface area (TPSA) is 77.4 Å². The largest absolute Gasteiger partial charge is 0.492 e. The average molecular weight is 318 g/mol. The number of carbonyl (C=O) groups is 1. The molecule has 2 amide bonds. The molecular weight excluding hydrogens is 296 g/mol. The standard InChI is InChI=1S/C16H22N4O3/c1-13(12-22-2)18-16(21)19-14-5-3-6-15(11-14)23-10-9-20-8-4-7-17-20/h3-8,11,13H,9-10,12H2,1-2H3,(H2,18,19,21)/t13-/m0/s1. The number of urea groups is 1. The van der Waals surface area contributed by atoms with E-state index < -0.39 is 0 Å². The molecule has 0 aliphatic rings. The maximum absolute atomic E-state index is 11.8. The summed E-state index contributed by atoms with van der Waals surface area (Å²) in [6.45, 7) is 3.50. The van der Waals surface area contributed by atoms with Crippen molar-refractivity contribution < 1.29 is 14.3 Å². The van der Waals surface area contributed by atoms with Gasteiger partial charge in [0.1, 0.15) is 12.4 Å². The summed E-state index contributed by atoms with van der Waals surface area (Å²) in [7, 11) is 1.60. The molecule has 1 aromatic heterocycles. The molecule has 0 aliphatic heterocycles. The van der Waals surface area contributed by atoms with Gasteiger partial charge in [0.2, 0.25) is 0 Å². The molecule has 0 radical (unpaired) electrons. The predicted octanol–water partition coefficient (Wildman–Crippen LogP) is 2.12. The molecule has 7 nitrogen and oxygen atoms in total. The molecule has 0 saturated heterocycles. The Morgan fingerprint density at radius 3 is 3.00 bits per heavy atom. The number of amides is 2. The second kappa shape index (κ2) is 8.79. The Hall–Kier alpha value is -2.54. The van der Waals surface area contributed by atoms with Gasteiger partial charge in [0.15, 0.2) is 0 Å². The highest BCUT2D eigenvalue weighted by atomic mass is 16.5. The molecule has 1 aromatic carbocycles. The summed E-state index contributed by atoms with van der Waals surface area (Å²) in [5, 5.41) is 9.66. The number of rotatable bonds is 8. The number of hydrogen-bond acceptors (Lipinski definition) is 4. The number of benzene rings is 1. The molecule has 124 valence electrons. The maximum atomic E-state index is 11.8. The van der Waals surface area contributed by atoms with Gasteiger partial charge in [-0.15, -0.1) is 0 Å². The summed E-state index contributed by atoms with van der Waals surface area (Å²) in [6, 6.07) is 8.80. The van der Waals surface area contributed by atoms with Crippen LogP contribution in [0, 0.1) is 0 Å². The Kier molecular flexibility index (Phi) is 6.43. The summed E-state index contributed by atoms with van der Waals surface area (Å²) < 4.78 is 12.4. The van der Waals surface area contributed by atoms with Gasteiger partial charge in [-0.1, -0.05) is 6.07 Å². The fraction of sp³-hybridized carbons (Fsp3) is 0.375. The molecule has 1 heterocycles. The molecule has 0 bridgehead atoms. The molecule has 7 heteroatoms. The Balaban J connectivity index is 1.80. The molecule has 2 aromatic rings. The minimum absolute atomic E-state index is 0.0616. The van der Waals surface area contributed by atoms with Crippen molar-refractivity contribution in [3.63, 3.8) is 0 Å². The summed E-state index contributed by atoms with van der Waals surface area (Å²) >= 11 is 0. The van der Waals surface area contributed by atoms with Crippen molar-refractivity contribution in [3.05, 3.63) is 42.7 Å². The Morgan fingerprint density at radius 1 is 1.39 bits per heavy atom. The van der Waals surface area contributed by atoms with Crippen molar-refractivity contribution in [1.82, 2.24) is 15.1 Å². The molecule has 0 unspecified atom stereocenters. The highest BCUT2D eigenvalue weighted by Gasteiger charge is 2.07. The van der Waals surface area contributed by atoms with Crippen LogP contribution in [0.25, 0.3) is 0 Å². The highest BCUT2D eigenvalue weighted by molar-refractivity contribution is 5.89. The van der Waals surface area contributed by atoms with Gasteiger partial charge in [-0.3, -0.25) is 4.68 Å². The quantitative estimate of drug-likeness (QED) is 0.781. The first kappa shape index (κ1) is 16.8. The lowest BCUT2D eigenvalue weighted by Crippen LogP contribution is -2.38. The summed E-state index contributed by atoms with van der Waals surface area (Å²) in [5.41, 5.74) is 0.670. The lowest BCUT2D eigenvalue weighted by molar-refractivity contribution is 0.173. The molecule has 0 aliphatic carbocycles. The zero-order chi connectivity index (χ0) is 16.5. The smallest absolute Gasteiger partial charge is 0.319 e. The first-order valence-corrected chi connectivity index (χ1v) is 7.44. The SMILES string of the molecule is COC[C@H](C)NC(=O)Nc1cccc(OCCn2cccn2)c1. The number of aromatic nitrogens is 2. The second-order valence-electron chi connectivity index (χ2n) is 5.10. The Bertz CT molecular complexity index is 601. The minimum atomic E-state index is -0.275. The van der Waals surface area contributed by atoms with Crippen molar-refractivity contribution in [3.8, 4) is 5.75 Å². The third-order valence-corrected chi connectivity index (χ3v) is 3.03. The molecule has 2 rings (SSSR count). The van der Waals surface area contributed by atoms with Gasteiger partial charge in [-0.2, -0.15) is 5.10 Å². The number of nitrogens with one attached hydrogen (secondary N) is 2. The van der Waals surface area contributed by atoms with E-state index >= 15 is 0 Å².